The van der Waals surface area contributed by atoms with Crippen LogP contribution in [0.2, 0.25) is 0 Å². The molecule has 2 fully saturated rings. The Bertz CT molecular complexity index is 1070. The fraction of sp³-hybridized carbons (Fsp3) is 0.444. The average molecular weight is 479 g/mol. The Hall–Kier alpha value is -3.39. The highest BCUT2D eigenvalue weighted by atomic mass is 16.5. The first kappa shape index (κ1) is 23.4. The van der Waals surface area contributed by atoms with Gasteiger partial charge in [-0.15, -0.1) is 0 Å². The predicted octanol–water partition coefficient (Wildman–Crippen LogP) is 3.16. The van der Waals surface area contributed by atoms with Crippen LogP contribution in [0, 0.1) is 17.8 Å². The van der Waals surface area contributed by atoms with Crippen LogP contribution in [0.25, 0.3) is 11.1 Å². The largest absolute Gasteiger partial charge is 0.481 e. The molecule has 3 N–H and O–H groups in total. The minimum Gasteiger partial charge on any atom is -0.481 e. The highest BCUT2D eigenvalue weighted by molar-refractivity contribution is 5.81. The first-order valence-corrected chi connectivity index (χ1v) is 12.2. The normalized spacial score (nSPS) is 25.0. The summed E-state index contributed by atoms with van der Waals surface area (Å²) in [5.74, 6) is -2.10. The van der Waals surface area contributed by atoms with Crippen molar-refractivity contribution in [3.63, 3.8) is 0 Å². The number of carbonyl (C=O) groups is 3. The van der Waals surface area contributed by atoms with Gasteiger partial charge in [-0.1, -0.05) is 55.0 Å². The minimum atomic E-state index is -0.805. The van der Waals surface area contributed by atoms with Gasteiger partial charge in [-0.3, -0.25) is 9.59 Å². The molecular formula is C27H30N2O6. The lowest BCUT2D eigenvalue weighted by molar-refractivity contribution is -0.143. The maximum absolute atomic E-state index is 12.8. The number of ether oxygens (including phenoxy) is 2. The second-order valence-corrected chi connectivity index (χ2v) is 9.60. The maximum Gasteiger partial charge on any atom is 0.407 e. The Morgan fingerprint density at radius 2 is 1.63 bits per heavy atom. The molecule has 2 aliphatic carbocycles. The van der Waals surface area contributed by atoms with E-state index in [-0.39, 0.29) is 37.6 Å². The molecule has 3 aliphatic rings. The topological polar surface area (TPSA) is 114 Å². The van der Waals surface area contributed by atoms with Crippen LogP contribution < -0.4 is 10.6 Å². The molecule has 4 atom stereocenters. The zero-order valence-corrected chi connectivity index (χ0v) is 19.4. The second kappa shape index (κ2) is 10.1. The monoisotopic (exact) mass is 478 g/mol. The van der Waals surface area contributed by atoms with Gasteiger partial charge in [0, 0.05) is 12.5 Å². The molecule has 4 unspecified atom stereocenters. The number of aliphatic carboxylic acids is 1. The van der Waals surface area contributed by atoms with E-state index in [0.717, 1.165) is 35.1 Å². The number of fused-ring (bicyclic) bond motifs is 3. The zero-order valence-electron chi connectivity index (χ0n) is 19.4. The minimum absolute atomic E-state index is 0.0410. The van der Waals surface area contributed by atoms with Gasteiger partial charge in [0.05, 0.1) is 31.1 Å². The van der Waals surface area contributed by atoms with Crippen molar-refractivity contribution < 1.29 is 29.0 Å². The summed E-state index contributed by atoms with van der Waals surface area (Å²) in [6, 6.07) is 15.8. The van der Waals surface area contributed by atoms with Crippen LogP contribution in [0.3, 0.4) is 0 Å². The van der Waals surface area contributed by atoms with Crippen molar-refractivity contribution in [2.75, 3.05) is 26.4 Å². The second-order valence-electron chi connectivity index (χ2n) is 9.60. The molecule has 0 spiro atoms. The lowest BCUT2D eigenvalue weighted by Crippen LogP contribution is -2.47. The summed E-state index contributed by atoms with van der Waals surface area (Å²) in [5.41, 5.74) is 4.58. The number of amides is 2. The molecule has 1 saturated carbocycles. The number of rotatable bonds is 7. The van der Waals surface area contributed by atoms with Crippen LogP contribution in [0.4, 0.5) is 4.79 Å². The molecule has 5 rings (SSSR count). The molecule has 35 heavy (non-hydrogen) atoms. The van der Waals surface area contributed by atoms with Crippen molar-refractivity contribution in [1.82, 2.24) is 10.6 Å². The van der Waals surface area contributed by atoms with Gasteiger partial charge in [-0.2, -0.15) is 0 Å². The smallest absolute Gasteiger partial charge is 0.407 e. The molecular weight excluding hydrogens is 448 g/mol. The van der Waals surface area contributed by atoms with Crippen LogP contribution in [0.15, 0.2) is 48.5 Å². The van der Waals surface area contributed by atoms with E-state index in [9.17, 15) is 19.5 Å². The highest BCUT2D eigenvalue weighted by Gasteiger charge is 2.38. The van der Waals surface area contributed by atoms with Crippen LogP contribution >= 0.6 is 0 Å². The van der Waals surface area contributed by atoms with Crippen molar-refractivity contribution >= 4 is 18.0 Å². The van der Waals surface area contributed by atoms with E-state index in [2.05, 4.69) is 34.9 Å². The summed E-state index contributed by atoms with van der Waals surface area (Å²) in [4.78, 5) is 36.8. The maximum atomic E-state index is 12.8. The molecule has 8 nitrogen and oxygen atoms in total. The molecule has 1 aliphatic heterocycles. The van der Waals surface area contributed by atoms with E-state index in [4.69, 9.17) is 9.47 Å². The lowest BCUT2D eigenvalue weighted by Gasteiger charge is -2.21. The van der Waals surface area contributed by atoms with Crippen molar-refractivity contribution in [3.8, 4) is 11.1 Å². The van der Waals surface area contributed by atoms with Gasteiger partial charge in [0.2, 0.25) is 5.91 Å². The molecule has 184 valence electrons. The SMILES string of the molecule is O=C(NC1COCC1C(=O)NCC1CCCC1C(=O)O)OCC1c2ccccc2-c2ccccc21. The van der Waals surface area contributed by atoms with Gasteiger partial charge in [-0.05, 0) is 41.0 Å². The van der Waals surface area contributed by atoms with E-state index in [0.29, 0.717) is 13.0 Å². The average Bonchev–Trinajstić information content (AvgIpc) is 3.59. The Labute approximate surface area is 204 Å². The first-order chi connectivity index (χ1) is 17.0. The molecule has 2 aromatic rings. The molecule has 0 bridgehead atoms. The predicted molar refractivity (Wildman–Crippen MR) is 128 cm³/mol. The van der Waals surface area contributed by atoms with Crippen molar-refractivity contribution in [3.05, 3.63) is 59.7 Å². The number of carboxylic acid groups (broad SMARTS) is 1. The number of hydrogen-bond acceptors (Lipinski definition) is 5. The molecule has 0 radical (unpaired) electrons. The number of hydrogen-bond donors (Lipinski definition) is 3. The Balaban J connectivity index is 1.15. The number of carbonyl (C=O) groups excluding carboxylic acids is 2. The molecule has 2 amide bonds. The quantitative estimate of drug-likeness (QED) is 0.563. The fourth-order valence-corrected chi connectivity index (χ4v) is 5.72. The third-order valence-electron chi connectivity index (χ3n) is 7.58. The Morgan fingerprint density at radius 3 is 2.31 bits per heavy atom. The highest BCUT2D eigenvalue weighted by Crippen LogP contribution is 2.44. The molecule has 1 heterocycles. The van der Waals surface area contributed by atoms with Crippen molar-refractivity contribution in [2.24, 2.45) is 17.8 Å². The summed E-state index contributed by atoms with van der Waals surface area (Å²) in [5, 5.41) is 15.0. The van der Waals surface area contributed by atoms with Crippen molar-refractivity contribution in [2.45, 2.75) is 31.2 Å². The Morgan fingerprint density at radius 1 is 0.943 bits per heavy atom. The van der Waals surface area contributed by atoms with E-state index in [1.165, 1.54) is 0 Å². The number of carboxylic acids is 1. The summed E-state index contributed by atoms with van der Waals surface area (Å²) < 4.78 is 11.1. The van der Waals surface area contributed by atoms with Gasteiger partial charge in [0.25, 0.3) is 0 Å². The van der Waals surface area contributed by atoms with E-state index in [1.54, 1.807) is 0 Å². The van der Waals surface area contributed by atoms with Gasteiger partial charge in [-0.25, -0.2) is 4.79 Å². The van der Waals surface area contributed by atoms with Crippen LogP contribution in [-0.2, 0) is 19.1 Å². The van der Waals surface area contributed by atoms with Crippen LogP contribution in [-0.4, -0.2) is 55.5 Å². The zero-order chi connectivity index (χ0) is 24.4. The Kier molecular flexibility index (Phi) is 6.72. The fourth-order valence-electron chi connectivity index (χ4n) is 5.72. The third-order valence-corrected chi connectivity index (χ3v) is 7.58. The number of benzene rings is 2. The van der Waals surface area contributed by atoms with Crippen LogP contribution in [0.1, 0.15) is 36.3 Å². The number of alkyl carbamates (subject to hydrolysis) is 1. The van der Waals surface area contributed by atoms with Crippen molar-refractivity contribution in [1.29, 1.82) is 0 Å². The molecule has 0 aromatic heterocycles. The van der Waals surface area contributed by atoms with E-state index >= 15 is 0 Å². The lowest BCUT2D eigenvalue weighted by atomic mass is 9.95. The molecule has 2 aromatic carbocycles. The summed E-state index contributed by atoms with van der Waals surface area (Å²) in [6.45, 7) is 0.948. The summed E-state index contributed by atoms with van der Waals surface area (Å²) in [7, 11) is 0. The van der Waals surface area contributed by atoms with Gasteiger partial charge in [0.15, 0.2) is 0 Å². The standard InChI is InChI=1S/C27H30N2O6/c30-25(28-12-16-6-5-11-17(16)26(31)32)23-13-34-15-24(23)29-27(33)35-14-22-20-9-3-1-7-18(20)19-8-2-4-10-21(19)22/h1-4,7-10,16-17,22-24H,5-6,11-15H2,(H,28,30)(H,29,33)(H,31,32). The molecule has 8 heteroatoms. The van der Waals surface area contributed by atoms with Gasteiger partial charge in [0.1, 0.15) is 6.61 Å². The van der Waals surface area contributed by atoms with Gasteiger partial charge >= 0.3 is 12.1 Å². The van der Waals surface area contributed by atoms with E-state index < -0.39 is 29.9 Å². The molecule has 1 saturated heterocycles. The third kappa shape index (κ3) is 4.75. The first-order valence-electron chi connectivity index (χ1n) is 12.2. The van der Waals surface area contributed by atoms with Gasteiger partial charge < -0.3 is 25.2 Å². The number of nitrogens with one attached hydrogen (secondary N) is 2. The summed E-state index contributed by atoms with van der Waals surface area (Å²) >= 11 is 0. The van der Waals surface area contributed by atoms with Crippen LogP contribution in [0.5, 0.6) is 0 Å². The summed E-state index contributed by atoms with van der Waals surface area (Å²) in [6.07, 6.45) is 1.71. The van der Waals surface area contributed by atoms with E-state index in [1.807, 2.05) is 24.3 Å².